The lowest BCUT2D eigenvalue weighted by Gasteiger charge is -2.19. The van der Waals surface area contributed by atoms with E-state index < -0.39 is 24.0 Å². The van der Waals surface area contributed by atoms with Crippen molar-refractivity contribution < 1.29 is 23.1 Å². The number of nitrogens with two attached hydrogens (primary N) is 1. The minimum absolute atomic E-state index is 0.109. The molecule has 2 aromatic rings. The van der Waals surface area contributed by atoms with Crippen LogP contribution in [-0.2, 0) is 4.74 Å². The lowest BCUT2D eigenvalue weighted by Crippen LogP contribution is -2.28. The van der Waals surface area contributed by atoms with Gasteiger partial charge in [0.1, 0.15) is 11.2 Å². The summed E-state index contributed by atoms with van der Waals surface area (Å²) in [6, 6.07) is 3.34. The van der Waals surface area contributed by atoms with E-state index in [2.05, 4.69) is 10.4 Å². The van der Waals surface area contributed by atoms with Crippen LogP contribution in [0.25, 0.3) is 5.69 Å². The summed E-state index contributed by atoms with van der Waals surface area (Å²) in [5.41, 5.74) is 5.94. The Kier molecular flexibility index (Phi) is 5.34. The summed E-state index contributed by atoms with van der Waals surface area (Å²) in [4.78, 5) is 23.9. The van der Waals surface area contributed by atoms with Crippen LogP contribution in [0.15, 0.2) is 18.3 Å². The summed E-state index contributed by atoms with van der Waals surface area (Å²) < 4.78 is 33.9. The number of benzene rings is 1. The first kappa shape index (κ1) is 20.8. The fourth-order valence-corrected chi connectivity index (χ4v) is 3.13. The molecule has 2 amide bonds. The number of alkyl halides is 2. The van der Waals surface area contributed by atoms with Crippen molar-refractivity contribution in [3.05, 3.63) is 40.6 Å². The predicted octanol–water partition coefficient (Wildman–Crippen LogP) is 4.44. The van der Waals surface area contributed by atoms with Crippen molar-refractivity contribution in [3.8, 4) is 5.69 Å². The molecule has 1 saturated carbocycles. The highest BCUT2D eigenvalue weighted by Gasteiger charge is 2.28. The SMILES string of the molecule is Cc1cc(C2CC2)cc(C(F)F)c1-n1cc(C(N)=O)c(NC(=O)OC(C)(C)C)n1. The Morgan fingerprint density at radius 2 is 1.97 bits per heavy atom. The number of hydrogen-bond donors (Lipinski definition) is 2. The van der Waals surface area contributed by atoms with Gasteiger partial charge in [-0.1, -0.05) is 6.07 Å². The molecule has 0 radical (unpaired) electrons. The Hall–Kier alpha value is -2.97. The normalized spacial score (nSPS) is 14.2. The quantitative estimate of drug-likeness (QED) is 0.767. The zero-order valence-corrected chi connectivity index (χ0v) is 16.8. The Labute approximate surface area is 167 Å². The monoisotopic (exact) mass is 406 g/mol. The van der Waals surface area contributed by atoms with Gasteiger partial charge in [-0.15, -0.1) is 5.10 Å². The van der Waals surface area contributed by atoms with Crippen molar-refractivity contribution in [2.75, 3.05) is 5.32 Å². The maximum absolute atomic E-state index is 13.8. The van der Waals surface area contributed by atoms with Crippen molar-refractivity contribution in [1.82, 2.24) is 9.78 Å². The van der Waals surface area contributed by atoms with Crippen molar-refractivity contribution in [1.29, 1.82) is 0 Å². The van der Waals surface area contributed by atoms with Crippen molar-refractivity contribution in [2.24, 2.45) is 5.73 Å². The molecule has 0 saturated heterocycles. The molecule has 3 rings (SSSR count). The maximum Gasteiger partial charge on any atom is 0.413 e. The van der Waals surface area contributed by atoms with Gasteiger partial charge in [-0.25, -0.2) is 18.3 Å². The number of nitrogens with one attached hydrogen (secondary N) is 1. The van der Waals surface area contributed by atoms with Gasteiger partial charge in [-0.3, -0.25) is 10.1 Å². The van der Waals surface area contributed by atoms with E-state index in [1.165, 1.54) is 12.3 Å². The largest absolute Gasteiger partial charge is 0.444 e. The van der Waals surface area contributed by atoms with Gasteiger partial charge in [0, 0.05) is 11.8 Å². The third kappa shape index (κ3) is 4.72. The number of carbonyl (C=O) groups excluding carboxylic acids is 2. The van der Waals surface area contributed by atoms with E-state index in [4.69, 9.17) is 10.5 Å². The van der Waals surface area contributed by atoms with Crippen LogP contribution in [0.3, 0.4) is 0 Å². The van der Waals surface area contributed by atoms with E-state index in [-0.39, 0.29) is 22.6 Å². The molecule has 0 unspecified atom stereocenters. The number of aryl methyl sites for hydroxylation is 1. The summed E-state index contributed by atoms with van der Waals surface area (Å²) in [7, 11) is 0. The van der Waals surface area contributed by atoms with Crippen LogP contribution in [-0.4, -0.2) is 27.4 Å². The van der Waals surface area contributed by atoms with Crippen LogP contribution in [0.2, 0.25) is 0 Å². The maximum atomic E-state index is 13.8. The van der Waals surface area contributed by atoms with Gasteiger partial charge in [0.2, 0.25) is 0 Å². The minimum Gasteiger partial charge on any atom is -0.444 e. The minimum atomic E-state index is -2.73. The Morgan fingerprint density at radius 1 is 1.31 bits per heavy atom. The van der Waals surface area contributed by atoms with Gasteiger partial charge in [-0.05, 0) is 63.6 Å². The fraction of sp³-hybridized carbons (Fsp3) is 0.450. The molecular weight excluding hydrogens is 382 g/mol. The van der Waals surface area contributed by atoms with Gasteiger partial charge in [0.25, 0.3) is 12.3 Å². The van der Waals surface area contributed by atoms with E-state index >= 15 is 0 Å². The van der Waals surface area contributed by atoms with E-state index in [0.717, 1.165) is 23.1 Å². The molecule has 1 aromatic carbocycles. The molecule has 1 heterocycles. The molecule has 0 aliphatic heterocycles. The van der Waals surface area contributed by atoms with E-state index in [1.54, 1.807) is 27.7 Å². The first-order chi connectivity index (χ1) is 13.5. The van der Waals surface area contributed by atoms with Crippen molar-refractivity contribution >= 4 is 17.8 Å². The molecule has 29 heavy (non-hydrogen) atoms. The molecule has 9 heteroatoms. The van der Waals surface area contributed by atoms with Gasteiger partial charge < -0.3 is 10.5 Å². The van der Waals surface area contributed by atoms with Crippen LogP contribution < -0.4 is 11.1 Å². The van der Waals surface area contributed by atoms with Gasteiger partial charge in [-0.2, -0.15) is 0 Å². The predicted molar refractivity (Wildman–Crippen MR) is 104 cm³/mol. The summed E-state index contributed by atoms with van der Waals surface area (Å²) >= 11 is 0. The highest BCUT2D eigenvalue weighted by molar-refractivity contribution is 6.00. The van der Waals surface area contributed by atoms with Gasteiger partial charge in [0.05, 0.1) is 5.69 Å². The molecule has 1 aromatic heterocycles. The number of ether oxygens (including phenoxy) is 1. The number of hydrogen-bond acceptors (Lipinski definition) is 4. The lowest BCUT2D eigenvalue weighted by atomic mass is 10.0. The summed E-state index contributed by atoms with van der Waals surface area (Å²) in [5.74, 6) is -0.700. The van der Waals surface area contributed by atoms with Crippen molar-refractivity contribution in [3.63, 3.8) is 0 Å². The van der Waals surface area contributed by atoms with Crippen LogP contribution in [0, 0.1) is 6.92 Å². The number of anilines is 1. The van der Waals surface area contributed by atoms with Crippen LogP contribution in [0.4, 0.5) is 19.4 Å². The molecule has 0 spiro atoms. The van der Waals surface area contributed by atoms with E-state index in [0.29, 0.717) is 11.5 Å². The number of aromatic nitrogens is 2. The number of carbonyl (C=O) groups is 2. The molecule has 156 valence electrons. The fourth-order valence-electron chi connectivity index (χ4n) is 3.13. The first-order valence-electron chi connectivity index (χ1n) is 9.28. The number of amides is 2. The van der Waals surface area contributed by atoms with E-state index in [9.17, 15) is 18.4 Å². The van der Waals surface area contributed by atoms with Crippen LogP contribution >= 0.6 is 0 Å². The zero-order chi connectivity index (χ0) is 21.5. The summed E-state index contributed by atoms with van der Waals surface area (Å²) in [6.45, 7) is 6.75. The van der Waals surface area contributed by atoms with E-state index in [1.807, 2.05) is 6.07 Å². The molecule has 7 nitrogen and oxygen atoms in total. The second kappa shape index (κ2) is 7.46. The number of nitrogens with zero attached hydrogens (tertiary/aromatic N) is 2. The standard InChI is InChI=1S/C20H24F2N4O3/c1-10-7-12(11-5-6-11)8-13(16(21)22)15(10)26-9-14(17(23)27)18(25-26)24-19(28)29-20(2,3)4/h7-9,11,16H,5-6H2,1-4H3,(H2,23,27)(H,24,25,28). The molecule has 1 aliphatic carbocycles. The first-order valence-corrected chi connectivity index (χ1v) is 9.28. The molecule has 1 aliphatic rings. The molecule has 0 atom stereocenters. The average molecular weight is 406 g/mol. The highest BCUT2D eigenvalue weighted by atomic mass is 19.3. The van der Waals surface area contributed by atoms with Crippen molar-refractivity contribution in [2.45, 2.75) is 58.5 Å². The smallest absolute Gasteiger partial charge is 0.413 e. The van der Waals surface area contributed by atoms with Gasteiger partial charge in [0.15, 0.2) is 5.82 Å². The topological polar surface area (TPSA) is 99.2 Å². The van der Waals surface area contributed by atoms with Gasteiger partial charge >= 0.3 is 6.09 Å². The number of halogens is 2. The van der Waals surface area contributed by atoms with Crippen LogP contribution in [0.1, 0.15) is 73.0 Å². The Bertz CT molecular complexity index is 959. The third-order valence-electron chi connectivity index (χ3n) is 4.46. The average Bonchev–Trinajstić information content (AvgIpc) is 3.33. The molecular formula is C20H24F2N4O3. The molecule has 3 N–H and O–H groups in total. The Morgan fingerprint density at radius 3 is 2.48 bits per heavy atom. The summed E-state index contributed by atoms with van der Waals surface area (Å²) in [6.07, 6.45) is -0.357. The second-order valence-corrected chi connectivity index (χ2v) is 8.18. The third-order valence-corrected chi connectivity index (χ3v) is 4.46. The zero-order valence-electron chi connectivity index (χ0n) is 16.8. The lowest BCUT2D eigenvalue weighted by molar-refractivity contribution is 0.0635. The highest BCUT2D eigenvalue weighted by Crippen LogP contribution is 2.43. The van der Waals surface area contributed by atoms with Crippen LogP contribution in [0.5, 0.6) is 0 Å². The Balaban J connectivity index is 2.03. The number of primary amides is 1. The number of rotatable bonds is 5. The molecule has 0 bridgehead atoms. The molecule has 1 fully saturated rings. The second-order valence-electron chi connectivity index (χ2n) is 8.18. The summed E-state index contributed by atoms with van der Waals surface area (Å²) in [5, 5.41) is 6.50.